The van der Waals surface area contributed by atoms with Gasteiger partial charge in [0.2, 0.25) is 5.91 Å². The highest BCUT2D eigenvalue weighted by Crippen LogP contribution is 2.37. The van der Waals surface area contributed by atoms with Gasteiger partial charge in [0.1, 0.15) is 11.3 Å². The zero-order chi connectivity index (χ0) is 22.0. The number of anilines is 1. The van der Waals surface area contributed by atoms with Crippen LogP contribution in [0.15, 0.2) is 79.0 Å². The van der Waals surface area contributed by atoms with Crippen LogP contribution in [0.5, 0.6) is 5.75 Å². The Morgan fingerprint density at radius 2 is 1.58 bits per heavy atom. The lowest BCUT2D eigenvalue weighted by molar-refractivity contribution is -0.123. The normalized spacial score (nSPS) is 11.4. The number of hydrogen-bond donors (Lipinski definition) is 1. The molecule has 3 aromatic carbocycles. The Kier molecular flexibility index (Phi) is 5.47. The minimum Gasteiger partial charge on any atom is -0.494 e. The van der Waals surface area contributed by atoms with Crippen LogP contribution in [0.1, 0.15) is 20.8 Å². The number of nitrogens with zero attached hydrogens (tertiary/aromatic N) is 1. The van der Waals surface area contributed by atoms with E-state index in [1.165, 1.54) is 0 Å². The van der Waals surface area contributed by atoms with Crippen LogP contribution in [0.25, 0.3) is 33.2 Å². The summed E-state index contributed by atoms with van der Waals surface area (Å²) in [7, 11) is 1.66. The molecular weight excluding hydrogens is 384 g/mol. The fourth-order valence-electron chi connectivity index (χ4n) is 3.53. The molecule has 4 nitrogen and oxygen atoms in total. The molecule has 1 heterocycles. The molecule has 0 saturated heterocycles. The zero-order valence-electron chi connectivity index (χ0n) is 18.3. The molecule has 4 rings (SSSR count). The van der Waals surface area contributed by atoms with Gasteiger partial charge in [0.05, 0.1) is 7.11 Å². The predicted octanol–water partition coefficient (Wildman–Crippen LogP) is 6.56. The second-order valence-corrected chi connectivity index (χ2v) is 8.55. The largest absolute Gasteiger partial charge is 0.494 e. The van der Waals surface area contributed by atoms with Gasteiger partial charge in [-0.3, -0.25) is 9.78 Å². The van der Waals surface area contributed by atoms with Crippen molar-refractivity contribution in [3.63, 3.8) is 0 Å². The maximum Gasteiger partial charge on any atom is 0.229 e. The number of nitrogens with one attached hydrogen (secondary N) is 1. The molecule has 0 aliphatic rings. The van der Waals surface area contributed by atoms with Gasteiger partial charge in [0.15, 0.2) is 0 Å². The van der Waals surface area contributed by atoms with Crippen LogP contribution in [0.4, 0.5) is 5.69 Å². The lowest BCUT2D eigenvalue weighted by Crippen LogP contribution is -2.27. The van der Waals surface area contributed by atoms with Gasteiger partial charge in [-0.25, -0.2) is 0 Å². The van der Waals surface area contributed by atoms with Gasteiger partial charge in [-0.05, 0) is 35.4 Å². The quantitative estimate of drug-likeness (QED) is 0.414. The number of aromatic nitrogens is 1. The number of rotatable bonds is 4. The van der Waals surface area contributed by atoms with Crippen LogP contribution < -0.4 is 10.1 Å². The summed E-state index contributed by atoms with van der Waals surface area (Å²) in [6.07, 6.45) is 1.84. The number of pyridine rings is 1. The molecule has 1 amide bonds. The fraction of sp³-hybridized carbons (Fsp3) is 0.185. The Balaban J connectivity index is 1.88. The highest BCUT2D eigenvalue weighted by Gasteiger charge is 2.22. The first-order valence-electron chi connectivity index (χ1n) is 10.3. The van der Waals surface area contributed by atoms with Crippen molar-refractivity contribution in [2.45, 2.75) is 20.8 Å². The van der Waals surface area contributed by atoms with Gasteiger partial charge in [-0.15, -0.1) is 0 Å². The number of ether oxygens (including phenoxy) is 1. The van der Waals surface area contributed by atoms with Crippen LogP contribution >= 0.6 is 0 Å². The molecule has 0 aliphatic carbocycles. The standard InChI is InChI=1S/C27H26N2O2/c1-27(2,3)26(30)29-23-13-9-8-12-21(23)19-16-22-20(18-10-6-5-7-11-18)14-15-24(31-4)25(22)28-17-19/h5-17H,1-4H3,(H,29,30). The Bertz CT molecular complexity index is 1240. The van der Waals surface area contributed by atoms with Crippen LogP contribution in [-0.4, -0.2) is 18.0 Å². The van der Waals surface area contributed by atoms with Crippen molar-refractivity contribution in [3.05, 3.63) is 79.0 Å². The van der Waals surface area contributed by atoms with Gasteiger partial charge in [0, 0.05) is 33.8 Å². The molecule has 4 heteroatoms. The number of benzene rings is 3. The molecule has 0 aliphatic heterocycles. The molecule has 0 unspecified atom stereocenters. The van der Waals surface area contributed by atoms with Gasteiger partial charge in [0.25, 0.3) is 0 Å². The Hall–Kier alpha value is -3.66. The van der Waals surface area contributed by atoms with Crippen molar-refractivity contribution in [1.29, 1.82) is 0 Å². The molecule has 0 bridgehead atoms. The Morgan fingerprint density at radius 1 is 0.871 bits per heavy atom. The summed E-state index contributed by atoms with van der Waals surface area (Å²) in [6.45, 7) is 5.71. The van der Waals surface area contributed by atoms with E-state index in [4.69, 9.17) is 9.72 Å². The molecule has 0 spiro atoms. The van der Waals surface area contributed by atoms with E-state index in [0.717, 1.165) is 44.6 Å². The van der Waals surface area contributed by atoms with Crippen LogP contribution in [0.2, 0.25) is 0 Å². The summed E-state index contributed by atoms with van der Waals surface area (Å²) in [5, 5.41) is 4.07. The van der Waals surface area contributed by atoms with Gasteiger partial charge < -0.3 is 10.1 Å². The first-order chi connectivity index (χ1) is 14.9. The van der Waals surface area contributed by atoms with E-state index in [1.807, 2.05) is 75.5 Å². The molecule has 0 atom stereocenters. The van der Waals surface area contributed by atoms with Crippen molar-refractivity contribution in [2.75, 3.05) is 12.4 Å². The lowest BCUT2D eigenvalue weighted by Gasteiger charge is -2.19. The number of carbonyl (C=O) groups excluding carboxylic acids is 1. The van der Waals surface area contributed by atoms with E-state index in [-0.39, 0.29) is 5.91 Å². The smallest absolute Gasteiger partial charge is 0.229 e. The zero-order valence-corrected chi connectivity index (χ0v) is 18.3. The number of para-hydroxylation sites is 1. The highest BCUT2D eigenvalue weighted by molar-refractivity contribution is 6.02. The molecule has 0 fully saturated rings. The van der Waals surface area contributed by atoms with Crippen LogP contribution in [0.3, 0.4) is 0 Å². The Morgan fingerprint density at radius 3 is 2.29 bits per heavy atom. The van der Waals surface area contributed by atoms with Gasteiger partial charge in [-0.2, -0.15) is 0 Å². The summed E-state index contributed by atoms with van der Waals surface area (Å²) in [4.78, 5) is 17.4. The van der Waals surface area contributed by atoms with Crippen molar-refractivity contribution >= 4 is 22.5 Å². The first kappa shape index (κ1) is 20.6. The average Bonchev–Trinajstić information content (AvgIpc) is 2.78. The van der Waals surface area contributed by atoms with Gasteiger partial charge >= 0.3 is 0 Å². The summed E-state index contributed by atoms with van der Waals surface area (Å²) < 4.78 is 5.56. The third-order valence-electron chi connectivity index (χ3n) is 5.28. The van der Waals surface area contributed by atoms with Crippen molar-refractivity contribution in [3.8, 4) is 28.0 Å². The lowest BCUT2D eigenvalue weighted by atomic mass is 9.94. The summed E-state index contributed by atoms with van der Waals surface area (Å²) in [5.74, 6) is 0.705. The van der Waals surface area contributed by atoms with Crippen molar-refractivity contribution in [1.82, 2.24) is 4.98 Å². The van der Waals surface area contributed by atoms with E-state index in [9.17, 15) is 4.79 Å². The van der Waals surface area contributed by atoms with Gasteiger partial charge in [-0.1, -0.05) is 69.3 Å². The number of hydrogen-bond acceptors (Lipinski definition) is 3. The topological polar surface area (TPSA) is 51.2 Å². The summed E-state index contributed by atoms with van der Waals surface area (Å²) in [6, 6.07) is 24.2. The van der Waals surface area contributed by atoms with E-state index in [0.29, 0.717) is 0 Å². The molecule has 1 aromatic heterocycles. The fourth-order valence-corrected chi connectivity index (χ4v) is 3.53. The highest BCUT2D eigenvalue weighted by atomic mass is 16.5. The number of methoxy groups -OCH3 is 1. The molecule has 0 radical (unpaired) electrons. The molecule has 4 aromatic rings. The van der Waals surface area contributed by atoms with Crippen LogP contribution in [-0.2, 0) is 4.79 Å². The third-order valence-corrected chi connectivity index (χ3v) is 5.28. The maximum absolute atomic E-state index is 12.6. The minimum absolute atomic E-state index is 0.0275. The summed E-state index contributed by atoms with van der Waals surface area (Å²) >= 11 is 0. The number of carbonyl (C=O) groups is 1. The molecule has 156 valence electrons. The molecule has 0 saturated carbocycles. The first-order valence-corrected chi connectivity index (χ1v) is 10.3. The monoisotopic (exact) mass is 410 g/mol. The second-order valence-electron chi connectivity index (χ2n) is 8.55. The van der Waals surface area contributed by atoms with E-state index in [2.05, 4.69) is 29.6 Å². The summed E-state index contributed by atoms with van der Waals surface area (Å²) in [5.41, 5.74) is 5.16. The average molecular weight is 411 g/mol. The molecule has 31 heavy (non-hydrogen) atoms. The Labute approximate surface area is 182 Å². The maximum atomic E-state index is 12.6. The van der Waals surface area contributed by atoms with E-state index in [1.54, 1.807) is 7.11 Å². The molecular formula is C27H26N2O2. The third kappa shape index (κ3) is 4.15. The van der Waals surface area contributed by atoms with Crippen LogP contribution in [0, 0.1) is 5.41 Å². The SMILES string of the molecule is COc1ccc(-c2ccccc2)c2cc(-c3ccccc3NC(=O)C(C)(C)C)cnc12. The molecule has 1 N–H and O–H groups in total. The van der Waals surface area contributed by atoms with E-state index >= 15 is 0 Å². The predicted molar refractivity (Wildman–Crippen MR) is 127 cm³/mol. The second kappa shape index (κ2) is 8.23. The number of fused-ring (bicyclic) bond motifs is 1. The van der Waals surface area contributed by atoms with E-state index < -0.39 is 5.41 Å². The number of amides is 1. The minimum atomic E-state index is -0.484. The van der Waals surface area contributed by atoms with Crippen molar-refractivity contribution < 1.29 is 9.53 Å². The van der Waals surface area contributed by atoms with Crippen molar-refractivity contribution in [2.24, 2.45) is 5.41 Å².